The first-order valence-electron chi connectivity index (χ1n) is 6.68. The van der Waals surface area contributed by atoms with Gasteiger partial charge >= 0.3 is 5.97 Å². The first-order valence-corrected chi connectivity index (χ1v) is 6.68. The van der Waals surface area contributed by atoms with Gasteiger partial charge in [-0.05, 0) is 26.3 Å². The molecule has 6 heteroatoms. The van der Waals surface area contributed by atoms with Crippen molar-refractivity contribution in [2.75, 3.05) is 6.61 Å². The van der Waals surface area contributed by atoms with Crippen molar-refractivity contribution >= 4 is 11.9 Å². The van der Waals surface area contributed by atoms with Crippen LogP contribution in [0.25, 0.3) is 0 Å². The average Bonchev–Trinajstić information content (AvgIpc) is 2.42. The Balaban J connectivity index is 2.66. The monoisotopic (exact) mass is 294 g/mol. The first kappa shape index (κ1) is 17.1. The summed E-state index contributed by atoms with van der Waals surface area (Å²) in [6.45, 7) is 5.31. The molecule has 0 heterocycles. The smallest absolute Gasteiger partial charge is 0.328 e. The molecule has 0 saturated heterocycles. The molecule has 0 aliphatic carbocycles. The van der Waals surface area contributed by atoms with Gasteiger partial charge in [-0.3, -0.25) is 4.79 Å². The van der Waals surface area contributed by atoms with Gasteiger partial charge in [0.2, 0.25) is 5.91 Å². The van der Waals surface area contributed by atoms with Crippen molar-refractivity contribution in [3.8, 4) is 0 Å². The first-order chi connectivity index (χ1) is 9.70. The predicted octanol–water partition coefficient (Wildman–Crippen LogP) is 1.07. The Morgan fingerprint density at radius 1 is 1.29 bits per heavy atom. The maximum Gasteiger partial charge on any atom is 0.328 e. The molecule has 0 aliphatic rings. The highest BCUT2D eigenvalue weighted by molar-refractivity contribution is 5.87. The Bertz CT molecular complexity index is 482. The molecule has 4 N–H and O–H groups in total. The van der Waals surface area contributed by atoms with E-state index >= 15 is 0 Å². The Kier molecular flexibility index (Phi) is 5.87. The van der Waals surface area contributed by atoms with Crippen molar-refractivity contribution in [1.29, 1.82) is 0 Å². The predicted molar refractivity (Wildman–Crippen MR) is 78.6 cm³/mol. The topological polar surface area (TPSA) is 102 Å². The van der Waals surface area contributed by atoms with Crippen molar-refractivity contribution in [2.45, 2.75) is 38.5 Å². The highest BCUT2D eigenvalue weighted by atomic mass is 16.5. The molecule has 0 bridgehead atoms. The molecule has 0 fully saturated rings. The number of carbonyl (C=O) groups excluding carboxylic acids is 1. The molecule has 1 rings (SSSR count). The number of hydrogen-bond donors (Lipinski definition) is 3. The van der Waals surface area contributed by atoms with Gasteiger partial charge < -0.3 is 20.9 Å². The summed E-state index contributed by atoms with van der Waals surface area (Å²) in [6, 6.07) is 6.72. The van der Waals surface area contributed by atoms with Crippen molar-refractivity contribution in [1.82, 2.24) is 5.32 Å². The fourth-order valence-electron chi connectivity index (χ4n) is 1.58. The number of nitrogens with two attached hydrogens (primary N) is 1. The summed E-state index contributed by atoms with van der Waals surface area (Å²) in [5.41, 5.74) is 5.96. The van der Waals surface area contributed by atoms with Crippen molar-refractivity contribution in [3.05, 3.63) is 35.9 Å². The molecule has 1 aromatic carbocycles. The molecule has 21 heavy (non-hydrogen) atoms. The van der Waals surface area contributed by atoms with Gasteiger partial charge in [0.1, 0.15) is 6.04 Å². The van der Waals surface area contributed by atoms with Crippen molar-refractivity contribution < 1.29 is 19.4 Å². The number of rotatable bonds is 6. The van der Waals surface area contributed by atoms with E-state index in [-0.39, 0.29) is 6.61 Å². The summed E-state index contributed by atoms with van der Waals surface area (Å²) in [6.07, 6.45) is 0. The summed E-state index contributed by atoms with van der Waals surface area (Å²) in [7, 11) is 0. The van der Waals surface area contributed by atoms with Gasteiger partial charge in [0, 0.05) is 0 Å². The molecule has 1 aromatic rings. The highest BCUT2D eigenvalue weighted by Gasteiger charge is 2.26. The van der Waals surface area contributed by atoms with Gasteiger partial charge in [0.05, 0.1) is 12.2 Å². The van der Waals surface area contributed by atoms with E-state index in [4.69, 9.17) is 15.6 Å². The van der Waals surface area contributed by atoms with E-state index in [1.54, 1.807) is 24.3 Å². The molecule has 0 unspecified atom stereocenters. The average molecular weight is 294 g/mol. The largest absolute Gasteiger partial charge is 0.480 e. The van der Waals surface area contributed by atoms with Crippen molar-refractivity contribution in [2.24, 2.45) is 5.73 Å². The minimum Gasteiger partial charge on any atom is -0.480 e. The van der Waals surface area contributed by atoms with E-state index in [2.05, 4.69) is 5.32 Å². The zero-order valence-corrected chi connectivity index (χ0v) is 12.5. The number of benzene rings is 1. The van der Waals surface area contributed by atoms with Gasteiger partial charge in [0.15, 0.2) is 6.04 Å². The van der Waals surface area contributed by atoms with Crippen LogP contribution in [0.2, 0.25) is 0 Å². The molecule has 0 aliphatic heterocycles. The fourth-order valence-corrected chi connectivity index (χ4v) is 1.58. The van der Waals surface area contributed by atoms with Crippen LogP contribution in [0.4, 0.5) is 0 Å². The highest BCUT2D eigenvalue weighted by Crippen LogP contribution is 2.11. The molecule has 0 aromatic heterocycles. The quantitative estimate of drug-likeness (QED) is 0.728. The maximum absolute atomic E-state index is 12.0. The number of carboxylic acid groups (broad SMARTS) is 1. The van der Waals surface area contributed by atoms with Gasteiger partial charge in [-0.1, -0.05) is 30.3 Å². The van der Waals surface area contributed by atoms with Gasteiger partial charge in [-0.2, -0.15) is 0 Å². The maximum atomic E-state index is 12.0. The van der Waals surface area contributed by atoms with Crippen LogP contribution in [-0.4, -0.2) is 35.2 Å². The lowest BCUT2D eigenvalue weighted by atomic mass is 10.1. The van der Waals surface area contributed by atoms with Crippen LogP contribution in [0.3, 0.4) is 0 Å². The third-order valence-corrected chi connectivity index (χ3v) is 2.74. The zero-order chi connectivity index (χ0) is 16.0. The number of nitrogens with one attached hydrogen (secondary N) is 1. The fraction of sp³-hybridized carbons (Fsp3) is 0.467. The normalized spacial score (nSPS) is 14.3. The molecule has 0 radical (unpaired) electrons. The number of carbonyl (C=O) groups is 2. The van der Waals surface area contributed by atoms with Crippen molar-refractivity contribution in [3.63, 3.8) is 0 Å². The minimum atomic E-state index is -1.16. The van der Waals surface area contributed by atoms with Gasteiger partial charge in [-0.25, -0.2) is 4.79 Å². The van der Waals surface area contributed by atoms with E-state index in [1.807, 2.05) is 26.8 Å². The SMILES string of the molecule is CC(C)(C)OC[C@H](NC(=O)[C@H](N)c1ccccc1)C(=O)O. The molecule has 116 valence electrons. The molecular weight excluding hydrogens is 272 g/mol. The molecule has 1 amide bonds. The number of aliphatic carboxylic acids is 1. The van der Waals surface area contributed by atoms with Crippen LogP contribution < -0.4 is 11.1 Å². The Hall–Kier alpha value is -1.92. The number of ether oxygens (including phenoxy) is 1. The number of carboxylic acids is 1. The van der Waals surface area contributed by atoms with E-state index in [1.165, 1.54) is 0 Å². The molecule has 0 spiro atoms. The number of hydrogen-bond acceptors (Lipinski definition) is 4. The molecular formula is C15H22N2O4. The Morgan fingerprint density at radius 2 is 1.86 bits per heavy atom. The van der Waals surface area contributed by atoms with Crippen LogP contribution >= 0.6 is 0 Å². The van der Waals surface area contributed by atoms with Crippen LogP contribution in [-0.2, 0) is 14.3 Å². The standard InChI is InChI=1S/C15H22N2O4/c1-15(2,3)21-9-11(14(19)20)17-13(18)12(16)10-7-5-4-6-8-10/h4-8,11-12H,9,16H2,1-3H3,(H,17,18)(H,19,20)/t11-,12+/m0/s1. The summed E-state index contributed by atoms with van der Waals surface area (Å²) < 4.78 is 5.40. The Morgan fingerprint density at radius 3 is 2.33 bits per heavy atom. The van der Waals surface area contributed by atoms with Crippen LogP contribution in [0.1, 0.15) is 32.4 Å². The molecule has 6 nitrogen and oxygen atoms in total. The van der Waals surface area contributed by atoms with Gasteiger partial charge in [-0.15, -0.1) is 0 Å². The summed E-state index contributed by atoms with van der Waals surface area (Å²) in [5.74, 6) is -1.71. The van der Waals surface area contributed by atoms with Crippen LogP contribution in [0, 0.1) is 0 Å². The molecule has 0 saturated carbocycles. The second-order valence-corrected chi connectivity index (χ2v) is 5.71. The third kappa shape index (κ3) is 5.93. The second-order valence-electron chi connectivity index (χ2n) is 5.71. The second kappa shape index (κ2) is 7.19. The summed E-state index contributed by atoms with van der Waals surface area (Å²) in [5, 5.41) is 11.5. The summed E-state index contributed by atoms with van der Waals surface area (Å²) >= 11 is 0. The third-order valence-electron chi connectivity index (χ3n) is 2.74. The van der Waals surface area contributed by atoms with E-state index < -0.39 is 29.6 Å². The van der Waals surface area contributed by atoms with Gasteiger partial charge in [0.25, 0.3) is 0 Å². The number of amides is 1. The molecule has 2 atom stereocenters. The van der Waals surface area contributed by atoms with Crippen LogP contribution in [0.15, 0.2) is 30.3 Å². The van der Waals surface area contributed by atoms with E-state index in [0.717, 1.165) is 0 Å². The van der Waals surface area contributed by atoms with Crippen LogP contribution in [0.5, 0.6) is 0 Å². The lowest BCUT2D eigenvalue weighted by molar-refractivity contribution is -0.145. The van der Waals surface area contributed by atoms with E-state index in [0.29, 0.717) is 5.56 Å². The lowest BCUT2D eigenvalue weighted by Crippen LogP contribution is -2.48. The van der Waals surface area contributed by atoms with E-state index in [9.17, 15) is 9.59 Å². The summed E-state index contributed by atoms with van der Waals surface area (Å²) in [4.78, 5) is 23.2. The zero-order valence-electron chi connectivity index (χ0n) is 12.5. The Labute approximate surface area is 124 Å². The lowest BCUT2D eigenvalue weighted by Gasteiger charge is -2.24. The minimum absolute atomic E-state index is 0.119.